The molecule has 2 heterocycles. The number of carbonyl (C=O) groups excluding carboxylic acids is 1. The normalized spacial score (nSPS) is 10.4. The molecule has 1 aromatic carbocycles. The van der Waals surface area contributed by atoms with Crippen LogP contribution in [0.4, 0.5) is 0 Å². The molecule has 0 fully saturated rings. The van der Waals surface area contributed by atoms with E-state index in [4.69, 9.17) is 0 Å². The summed E-state index contributed by atoms with van der Waals surface area (Å²) in [5, 5.41) is 20.2. The summed E-state index contributed by atoms with van der Waals surface area (Å²) in [7, 11) is 0. The third kappa shape index (κ3) is 3.35. The number of ketones is 1. The molecule has 0 saturated carbocycles. The Morgan fingerprint density at radius 3 is 2.67 bits per heavy atom. The lowest BCUT2D eigenvalue weighted by Crippen LogP contribution is -2.27. The zero-order valence-electron chi connectivity index (χ0n) is 14.9. The number of aromatic hydroxyl groups is 1. The highest BCUT2D eigenvalue weighted by Crippen LogP contribution is 2.25. The minimum Gasteiger partial charge on any atom is -0.494 e. The van der Waals surface area contributed by atoms with E-state index < -0.39 is 17.2 Å². The molecule has 6 heteroatoms. The first-order valence-electron chi connectivity index (χ1n) is 8.30. The molecular weight excluding hydrogens is 342 g/mol. The van der Waals surface area contributed by atoms with Crippen LogP contribution in [0.2, 0.25) is 0 Å². The van der Waals surface area contributed by atoms with Gasteiger partial charge in [0.1, 0.15) is 11.6 Å². The number of aromatic nitrogens is 2. The molecule has 27 heavy (non-hydrogen) atoms. The maximum Gasteiger partial charge on any atom is 0.271 e. The van der Waals surface area contributed by atoms with Crippen molar-refractivity contribution in [3.05, 3.63) is 92.5 Å². The first-order valence-corrected chi connectivity index (χ1v) is 8.30. The molecule has 0 aliphatic heterocycles. The number of benzene rings is 1. The van der Waals surface area contributed by atoms with Crippen LogP contribution in [0.15, 0.2) is 53.6 Å². The summed E-state index contributed by atoms with van der Waals surface area (Å²) >= 11 is 0. The van der Waals surface area contributed by atoms with Gasteiger partial charge in [-0.1, -0.05) is 29.8 Å². The van der Waals surface area contributed by atoms with Gasteiger partial charge in [-0.25, -0.2) is 0 Å². The van der Waals surface area contributed by atoms with E-state index in [9.17, 15) is 20.0 Å². The van der Waals surface area contributed by atoms with Crippen LogP contribution < -0.4 is 5.56 Å². The van der Waals surface area contributed by atoms with Crippen molar-refractivity contribution in [2.75, 3.05) is 0 Å². The summed E-state index contributed by atoms with van der Waals surface area (Å²) in [5.74, 6) is -0.892. The maximum atomic E-state index is 13.0. The summed E-state index contributed by atoms with van der Waals surface area (Å²) in [5.41, 5.74) is 1.27. The van der Waals surface area contributed by atoms with Crippen molar-refractivity contribution in [2.45, 2.75) is 20.4 Å². The Bertz CT molecular complexity index is 1130. The van der Waals surface area contributed by atoms with Crippen molar-refractivity contribution in [3.63, 3.8) is 0 Å². The van der Waals surface area contributed by atoms with Gasteiger partial charge in [-0.15, -0.1) is 0 Å². The minimum absolute atomic E-state index is 0.00155. The van der Waals surface area contributed by atoms with E-state index in [0.29, 0.717) is 11.1 Å². The van der Waals surface area contributed by atoms with Crippen molar-refractivity contribution in [1.82, 2.24) is 9.55 Å². The molecule has 0 unspecified atom stereocenters. The zero-order chi connectivity index (χ0) is 19.6. The van der Waals surface area contributed by atoms with E-state index in [1.54, 1.807) is 42.7 Å². The van der Waals surface area contributed by atoms with Crippen LogP contribution in [0.3, 0.4) is 0 Å². The number of hydrogen-bond donors (Lipinski definition) is 1. The third-order valence-corrected chi connectivity index (χ3v) is 4.37. The monoisotopic (exact) mass is 359 g/mol. The Labute approximate surface area is 156 Å². The van der Waals surface area contributed by atoms with Gasteiger partial charge in [0.25, 0.3) is 5.56 Å². The summed E-state index contributed by atoms with van der Waals surface area (Å²) in [6.45, 7) is 3.35. The molecule has 3 rings (SSSR count). The van der Waals surface area contributed by atoms with Crippen molar-refractivity contribution in [1.29, 1.82) is 5.26 Å². The summed E-state index contributed by atoms with van der Waals surface area (Å²) in [6, 6.07) is 12.2. The van der Waals surface area contributed by atoms with Crippen LogP contribution in [-0.4, -0.2) is 20.4 Å². The van der Waals surface area contributed by atoms with Crippen molar-refractivity contribution in [2.24, 2.45) is 0 Å². The summed E-state index contributed by atoms with van der Waals surface area (Å²) in [6.07, 6.45) is 3.15. The molecule has 1 N–H and O–H groups in total. The van der Waals surface area contributed by atoms with Gasteiger partial charge in [0.05, 0.1) is 12.1 Å². The number of rotatable bonds is 4. The predicted molar refractivity (Wildman–Crippen MR) is 99.8 cm³/mol. The van der Waals surface area contributed by atoms with Gasteiger partial charge in [0.2, 0.25) is 5.88 Å². The van der Waals surface area contributed by atoms with Crippen molar-refractivity contribution >= 4 is 5.78 Å². The molecule has 0 saturated heterocycles. The van der Waals surface area contributed by atoms with E-state index in [1.165, 1.54) is 6.92 Å². The summed E-state index contributed by atoms with van der Waals surface area (Å²) in [4.78, 5) is 29.7. The van der Waals surface area contributed by atoms with E-state index in [0.717, 1.165) is 10.1 Å². The molecule has 6 nitrogen and oxygen atoms in total. The van der Waals surface area contributed by atoms with Crippen molar-refractivity contribution in [3.8, 4) is 11.9 Å². The number of carbonyl (C=O) groups is 1. The number of nitriles is 1. The Kier molecular flexibility index (Phi) is 4.86. The summed E-state index contributed by atoms with van der Waals surface area (Å²) < 4.78 is 1.03. The number of hydrogen-bond acceptors (Lipinski definition) is 5. The van der Waals surface area contributed by atoms with Gasteiger partial charge >= 0.3 is 0 Å². The quantitative estimate of drug-likeness (QED) is 0.723. The molecule has 2 aromatic heterocycles. The molecule has 0 radical (unpaired) electrons. The van der Waals surface area contributed by atoms with E-state index >= 15 is 0 Å². The minimum atomic E-state index is -0.642. The second kappa shape index (κ2) is 7.26. The first kappa shape index (κ1) is 18.1. The lowest BCUT2D eigenvalue weighted by atomic mass is 9.96. The fourth-order valence-corrected chi connectivity index (χ4v) is 2.97. The van der Waals surface area contributed by atoms with Gasteiger partial charge in [0, 0.05) is 18.0 Å². The van der Waals surface area contributed by atoms with E-state index in [-0.39, 0.29) is 23.2 Å². The molecule has 0 aliphatic rings. The lowest BCUT2D eigenvalue weighted by molar-refractivity contribution is 0.103. The maximum absolute atomic E-state index is 13.0. The predicted octanol–water partition coefficient (Wildman–Crippen LogP) is 2.72. The molecule has 134 valence electrons. The van der Waals surface area contributed by atoms with Gasteiger partial charge in [-0.2, -0.15) is 5.26 Å². The SMILES string of the molecule is Cc1cccc(C(=O)c2c(C)c(C#N)c(=O)n(Cc3cccnc3)c2O)c1. The highest BCUT2D eigenvalue weighted by molar-refractivity contribution is 6.11. The molecule has 0 amide bonds. The molecule has 0 aliphatic carbocycles. The third-order valence-electron chi connectivity index (χ3n) is 4.37. The molecular formula is C21H17N3O3. The van der Waals surface area contributed by atoms with Crippen LogP contribution in [0.25, 0.3) is 0 Å². The standard InChI is InChI=1S/C21H17N3O3/c1-13-5-3-7-16(9-13)19(25)18-14(2)17(10-22)20(26)24(21(18)27)12-15-6-4-8-23-11-15/h3-9,11,27H,12H2,1-2H3. The van der Waals surface area contributed by atoms with Gasteiger partial charge in [0.15, 0.2) is 5.78 Å². The molecule has 0 atom stereocenters. The largest absolute Gasteiger partial charge is 0.494 e. The smallest absolute Gasteiger partial charge is 0.271 e. The van der Waals surface area contributed by atoms with E-state index in [1.807, 2.05) is 19.1 Å². The van der Waals surface area contributed by atoms with Crippen LogP contribution in [0.1, 0.15) is 38.2 Å². The molecule has 0 spiro atoms. The molecule has 3 aromatic rings. The van der Waals surface area contributed by atoms with Crippen molar-refractivity contribution < 1.29 is 9.90 Å². The zero-order valence-corrected chi connectivity index (χ0v) is 14.9. The number of aryl methyl sites for hydroxylation is 1. The molecule has 0 bridgehead atoms. The number of nitrogens with zero attached hydrogens (tertiary/aromatic N) is 3. The van der Waals surface area contributed by atoms with Crippen LogP contribution in [-0.2, 0) is 6.54 Å². The van der Waals surface area contributed by atoms with Crippen LogP contribution in [0.5, 0.6) is 5.88 Å². The Hall–Kier alpha value is -3.72. The fourth-order valence-electron chi connectivity index (χ4n) is 2.97. The Balaban J connectivity index is 2.22. The number of pyridine rings is 2. The van der Waals surface area contributed by atoms with Crippen LogP contribution in [0, 0.1) is 25.2 Å². The lowest BCUT2D eigenvalue weighted by Gasteiger charge is -2.15. The highest BCUT2D eigenvalue weighted by Gasteiger charge is 2.25. The topological polar surface area (TPSA) is 96.0 Å². The van der Waals surface area contributed by atoms with Gasteiger partial charge in [-0.05, 0) is 37.1 Å². The average Bonchev–Trinajstić information content (AvgIpc) is 2.66. The second-order valence-electron chi connectivity index (χ2n) is 6.26. The fraction of sp³-hybridized carbons (Fsp3) is 0.143. The van der Waals surface area contributed by atoms with E-state index in [2.05, 4.69) is 4.98 Å². The van der Waals surface area contributed by atoms with Gasteiger partial charge in [-0.3, -0.25) is 19.1 Å². The first-order chi connectivity index (χ1) is 12.9. The highest BCUT2D eigenvalue weighted by atomic mass is 16.3. The van der Waals surface area contributed by atoms with Crippen LogP contribution >= 0.6 is 0 Å². The Morgan fingerprint density at radius 2 is 2.04 bits per heavy atom. The average molecular weight is 359 g/mol. The second-order valence-corrected chi connectivity index (χ2v) is 6.26. The van der Waals surface area contributed by atoms with Gasteiger partial charge < -0.3 is 5.11 Å². The Morgan fingerprint density at radius 1 is 1.26 bits per heavy atom.